The van der Waals surface area contributed by atoms with Gasteiger partial charge in [0.25, 0.3) is 11.8 Å². The molecule has 2 amide bonds. The van der Waals surface area contributed by atoms with Crippen molar-refractivity contribution in [2.24, 2.45) is 0 Å². The number of hydrogen-bond acceptors (Lipinski definition) is 5. The molecule has 29 heavy (non-hydrogen) atoms. The molecule has 1 aliphatic heterocycles. The maximum absolute atomic E-state index is 12.7. The van der Waals surface area contributed by atoms with Crippen LogP contribution in [0.1, 0.15) is 33.8 Å². The number of carbonyl (C=O) groups excluding carboxylic acids is 2. The summed E-state index contributed by atoms with van der Waals surface area (Å²) in [4.78, 5) is 37.5. The van der Waals surface area contributed by atoms with Crippen LogP contribution in [0.5, 0.6) is 0 Å². The Morgan fingerprint density at radius 2 is 1.83 bits per heavy atom. The molecule has 1 atom stereocenters. The summed E-state index contributed by atoms with van der Waals surface area (Å²) in [7, 11) is 0. The molecule has 2 N–H and O–H groups in total. The Balaban J connectivity index is 1.53. The molecule has 7 nitrogen and oxygen atoms in total. The van der Waals surface area contributed by atoms with Gasteiger partial charge in [-0.1, -0.05) is 24.3 Å². The molecular formula is C22H20N2O5. The molecule has 1 aliphatic rings. The van der Waals surface area contributed by atoms with Gasteiger partial charge >= 0.3 is 0 Å². The fraction of sp³-hybridized carbons (Fsp3) is 0.227. The predicted molar refractivity (Wildman–Crippen MR) is 108 cm³/mol. The largest absolute Gasteiger partial charge is 0.451 e. The average molecular weight is 392 g/mol. The summed E-state index contributed by atoms with van der Waals surface area (Å²) in [5, 5.41) is 5.90. The third kappa shape index (κ3) is 4.20. The van der Waals surface area contributed by atoms with Crippen LogP contribution in [0.15, 0.2) is 63.8 Å². The number of amides is 2. The smallest absolute Gasteiger partial charge is 0.291 e. The van der Waals surface area contributed by atoms with Crippen molar-refractivity contribution in [1.82, 2.24) is 5.32 Å². The molecule has 148 valence electrons. The fourth-order valence-electron chi connectivity index (χ4n) is 3.30. The fourth-order valence-corrected chi connectivity index (χ4v) is 3.30. The van der Waals surface area contributed by atoms with Gasteiger partial charge < -0.3 is 19.8 Å². The van der Waals surface area contributed by atoms with Crippen LogP contribution in [-0.4, -0.2) is 31.1 Å². The summed E-state index contributed by atoms with van der Waals surface area (Å²) < 4.78 is 11.1. The van der Waals surface area contributed by atoms with Crippen LogP contribution in [0.25, 0.3) is 11.0 Å². The van der Waals surface area contributed by atoms with Crippen molar-refractivity contribution in [2.75, 3.05) is 18.5 Å². The Labute approximate surface area is 166 Å². The van der Waals surface area contributed by atoms with E-state index in [1.807, 2.05) is 0 Å². The van der Waals surface area contributed by atoms with Crippen molar-refractivity contribution >= 4 is 28.5 Å². The Bertz CT molecular complexity index is 1120. The van der Waals surface area contributed by atoms with E-state index in [2.05, 4.69) is 10.6 Å². The first-order valence-electron chi connectivity index (χ1n) is 9.45. The summed E-state index contributed by atoms with van der Waals surface area (Å²) >= 11 is 0. The van der Waals surface area contributed by atoms with Crippen molar-refractivity contribution in [3.8, 4) is 0 Å². The molecule has 0 aliphatic carbocycles. The second kappa shape index (κ2) is 8.28. The van der Waals surface area contributed by atoms with E-state index < -0.39 is 5.91 Å². The van der Waals surface area contributed by atoms with Gasteiger partial charge in [0.15, 0.2) is 11.2 Å². The highest BCUT2D eigenvalue weighted by Gasteiger charge is 2.19. The minimum absolute atomic E-state index is 0.0209. The monoisotopic (exact) mass is 392 g/mol. The summed E-state index contributed by atoms with van der Waals surface area (Å²) in [6.07, 6.45) is 1.93. The molecule has 0 spiro atoms. The van der Waals surface area contributed by atoms with E-state index >= 15 is 0 Å². The normalized spacial score (nSPS) is 15.9. The Kier molecular flexibility index (Phi) is 5.39. The second-order valence-electron chi connectivity index (χ2n) is 6.82. The number of nitrogens with one attached hydrogen (secondary N) is 2. The molecule has 7 heteroatoms. The Morgan fingerprint density at radius 3 is 2.66 bits per heavy atom. The topological polar surface area (TPSA) is 97.6 Å². The minimum atomic E-state index is -0.604. The second-order valence-corrected chi connectivity index (χ2v) is 6.82. The molecular weight excluding hydrogens is 372 g/mol. The van der Waals surface area contributed by atoms with Crippen LogP contribution in [0.3, 0.4) is 0 Å². The van der Waals surface area contributed by atoms with Crippen molar-refractivity contribution in [2.45, 2.75) is 18.9 Å². The van der Waals surface area contributed by atoms with E-state index in [1.165, 1.54) is 0 Å². The number of rotatable bonds is 5. The number of hydrogen-bond donors (Lipinski definition) is 2. The van der Waals surface area contributed by atoms with Gasteiger partial charge in [-0.3, -0.25) is 14.4 Å². The average Bonchev–Trinajstić information content (AvgIpc) is 3.26. The van der Waals surface area contributed by atoms with Gasteiger partial charge in [-0.05, 0) is 37.1 Å². The SMILES string of the molecule is O=C(Nc1ccccc1C(=O)NCC1CCCO1)c1cc(=O)c2ccccc2o1. The van der Waals surface area contributed by atoms with Crippen LogP contribution in [-0.2, 0) is 4.74 Å². The lowest BCUT2D eigenvalue weighted by Crippen LogP contribution is -2.32. The van der Waals surface area contributed by atoms with Gasteiger partial charge in [-0.2, -0.15) is 0 Å². The van der Waals surface area contributed by atoms with Crippen molar-refractivity contribution in [3.63, 3.8) is 0 Å². The van der Waals surface area contributed by atoms with E-state index in [0.29, 0.717) is 35.4 Å². The first-order chi connectivity index (χ1) is 14.1. The molecule has 4 rings (SSSR count). The number of para-hydroxylation sites is 2. The van der Waals surface area contributed by atoms with Crippen LogP contribution < -0.4 is 16.1 Å². The Morgan fingerprint density at radius 1 is 1.03 bits per heavy atom. The van der Waals surface area contributed by atoms with Gasteiger partial charge in [0.2, 0.25) is 0 Å². The van der Waals surface area contributed by atoms with E-state index in [0.717, 1.165) is 18.9 Å². The predicted octanol–water partition coefficient (Wildman–Crippen LogP) is 2.95. The highest BCUT2D eigenvalue weighted by molar-refractivity contribution is 6.08. The maximum Gasteiger partial charge on any atom is 0.291 e. The van der Waals surface area contributed by atoms with Gasteiger partial charge in [0, 0.05) is 19.2 Å². The lowest BCUT2D eigenvalue weighted by atomic mass is 10.1. The van der Waals surface area contributed by atoms with E-state index in [9.17, 15) is 14.4 Å². The van der Waals surface area contributed by atoms with Crippen LogP contribution >= 0.6 is 0 Å². The number of ether oxygens (including phenoxy) is 1. The Hall–Kier alpha value is -3.45. The van der Waals surface area contributed by atoms with E-state index in [-0.39, 0.29) is 23.2 Å². The third-order valence-corrected chi connectivity index (χ3v) is 4.79. The molecule has 1 fully saturated rings. The summed E-state index contributed by atoms with van der Waals surface area (Å²) in [6.45, 7) is 1.13. The van der Waals surface area contributed by atoms with Gasteiger partial charge in [-0.15, -0.1) is 0 Å². The highest BCUT2D eigenvalue weighted by Crippen LogP contribution is 2.18. The molecule has 0 radical (unpaired) electrons. The number of fused-ring (bicyclic) bond motifs is 1. The van der Waals surface area contributed by atoms with Crippen molar-refractivity contribution in [3.05, 3.63) is 76.1 Å². The molecule has 0 saturated carbocycles. The van der Waals surface area contributed by atoms with Gasteiger partial charge in [0.1, 0.15) is 5.58 Å². The van der Waals surface area contributed by atoms with Crippen LogP contribution in [0, 0.1) is 0 Å². The van der Waals surface area contributed by atoms with Crippen molar-refractivity contribution in [1.29, 1.82) is 0 Å². The summed E-state index contributed by atoms with van der Waals surface area (Å²) in [6, 6.07) is 14.5. The molecule has 1 unspecified atom stereocenters. The lowest BCUT2D eigenvalue weighted by Gasteiger charge is -2.13. The first-order valence-corrected chi connectivity index (χ1v) is 9.45. The number of benzene rings is 2. The van der Waals surface area contributed by atoms with E-state index in [4.69, 9.17) is 9.15 Å². The van der Waals surface area contributed by atoms with Crippen molar-refractivity contribution < 1.29 is 18.7 Å². The van der Waals surface area contributed by atoms with E-state index in [1.54, 1.807) is 48.5 Å². The number of anilines is 1. The molecule has 3 aromatic rings. The molecule has 2 aromatic carbocycles. The highest BCUT2D eigenvalue weighted by atomic mass is 16.5. The molecule has 1 saturated heterocycles. The zero-order chi connectivity index (χ0) is 20.2. The standard InChI is InChI=1S/C22H20N2O5/c25-18-12-20(29-19-10-4-2-8-16(18)19)22(27)24-17-9-3-1-7-15(17)21(26)23-13-14-6-5-11-28-14/h1-4,7-10,12,14H,5-6,11,13H2,(H,23,26)(H,24,27). The number of carbonyl (C=O) groups is 2. The van der Waals surface area contributed by atoms with Gasteiger partial charge in [-0.25, -0.2) is 0 Å². The zero-order valence-electron chi connectivity index (χ0n) is 15.6. The molecule has 0 bridgehead atoms. The van der Waals surface area contributed by atoms with Crippen LogP contribution in [0.2, 0.25) is 0 Å². The summed E-state index contributed by atoms with van der Waals surface area (Å²) in [5.74, 6) is -1.04. The minimum Gasteiger partial charge on any atom is -0.451 e. The quantitative estimate of drug-likeness (QED) is 0.696. The zero-order valence-corrected chi connectivity index (χ0v) is 15.6. The molecule has 1 aromatic heterocycles. The third-order valence-electron chi connectivity index (χ3n) is 4.79. The maximum atomic E-state index is 12.7. The lowest BCUT2D eigenvalue weighted by molar-refractivity contribution is 0.0858. The first kappa shape index (κ1) is 18.9. The summed E-state index contributed by atoms with van der Waals surface area (Å²) in [5.41, 5.74) is 0.674. The van der Waals surface area contributed by atoms with Gasteiger partial charge in [0.05, 0.1) is 22.7 Å². The molecule has 2 heterocycles. The van der Waals surface area contributed by atoms with Crippen LogP contribution in [0.4, 0.5) is 5.69 Å².